The number of thioether (sulfide) groups is 1. The van der Waals surface area contributed by atoms with Gasteiger partial charge >= 0.3 is 0 Å². The SMILES string of the molecule is CSCC(=O)Nc1nc(C(C)=O)cs1. The van der Waals surface area contributed by atoms with Gasteiger partial charge in [0.25, 0.3) is 0 Å². The Labute approximate surface area is 90.1 Å². The van der Waals surface area contributed by atoms with Gasteiger partial charge in [0.15, 0.2) is 10.9 Å². The van der Waals surface area contributed by atoms with E-state index < -0.39 is 0 Å². The quantitative estimate of drug-likeness (QED) is 0.799. The van der Waals surface area contributed by atoms with Gasteiger partial charge < -0.3 is 5.32 Å². The fraction of sp³-hybridized carbons (Fsp3) is 0.375. The molecule has 1 amide bonds. The summed E-state index contributed by atoms with van der Waals surface area (Å²) in [5.74, 6) is 0.211. The molecule has 0 aliphatic heterocycles. The summed E-state index contributed by atoms with van der Waals surface area (Å²) in [6.07, 6.45) is 1.85. The van der Waals surface area contributed by atoms with Crippen LogP contribution in [-0.4, -0.2) is 28.7 Å². The molecule has 0 spiro atoms. The molecule has 0 aliphatic carbocycles. The fourth-order valence-electron chi connectivity index (χ4n) is 0.779. The Balaban J connectivity index is 2.59. The van der Waals surface area contributed by atoms with Gasteiger partial charge in [0.05, 0.1) is 5.75 Å². The molecule has 1 aromatic rings. The smallest absolute Gasteiger partial charge is 0.236 e. The number of hydrogen-bond acceptors (Lipinski definition) is 5. The first-order valence-corrected chi connectivity index (χ1v) is 6.16. The van der Waals surface area contributed by atoms with Crippen molar-refractivity contribution < 1.29 is 9.59 Å². The number of rotatable bonds is 4. The number of aromatic nitrogens is 1. The van der Waals surface area contributed by atoms with Crippen molar-refractivity contribution in [1.82, 2.24) is 4.98 Å². The average Bonchev–Trinajstić information content (AvgIpc) is 2.53. The van der Waals surface area contributed by atoms with Crippen LogP contribution >= 0.6 is 23.1 Å². The van der Waals surface area contributed by atoms with Crippen molar-refractivity contribution >= 4 is 39.9 Å². The van der Waals surface area contributed by atoms with Crippen LogP contribution in [0.15, 0.2) is 5.38 Å². The third-order valence-electron chi connectivity index (χ3n) is 1.39. The molecule has 0 aromatic carbocycles. The van der Waals surface area contributed by atoms with E-state index in [1.807, 2.05) is 6.26 Å². The summed E-state index contributed by atoms with van der Waals surface area (Å²) in [6, 6.07) is 0. The van der Waals surface area contributed by atoms with E-state index in [1.54, 1.807) is 5.38 Å². The lowest BCUT2D eigenvalue weighted by Crippen LogP contribution is -2.13. The van der Waals surface area contributed by atoms with Crippen LogP contribution in [0, 0.1) is 0 Å². The number of carbonyl (C=O) groups excluding carboxylic acids is 2. The standard InChI is InChI=1S/C8H10N2O2S2/c1-5(11)6-3-14-8(9-6)10-7(12)4-13-2/h3H,4H2,1-2H3,(H,9,10,12). The summed E-state index contributed by atoms with van der Waals surface area (Å²) < 4.78 is 0. The highest BCUT2D eigenvalue weighted by atomic mass is 32.2. The first-order valence-electron chi connectivity index (χ1n) is 3.88. The maximum absolute atomic E-state index is 11.1. The Bertz CT molecular complexity index is 349. The second-order valence-electron chi connectivity index (χ2n) is 2.58. The number of Topliss-reactive ketones (excluding diaryl/α,β-unsaturated/α-hetero) is 1. The largest absolute Gasteiger partial charge is 0.301 e. The minimum atomic E-state index is -0.0954. The van der Waals surface area contributed by atoms with Crippen LogP contribution in [0.3, 0.4) is 0 Å². The molecular weight excluding hydrogens is 220 g/mol. The van der Waals surface area contributed by atoms with Crippen LogP contribution in [0.5, 0.6) is 0 Å². The molecule has 0 saturated heterocycles. The number of nitrogens with one attached hydrogen (secondary N) is 1. The van der Waals surface area contributed by atoms with Gasteiger partial charge in [0.2, 0.25) is 5.91 Å². The Morgan fingerprint density at radius 2 is 2.36 bits per heavy atom. The van der Waals surface area contributed by atoms with E-state index in [-0.39, 0.29) is 11.7 Å². The van der Waals surface area contributed by atoms with Crippen molar-refractivity contribution in [2.45, 2.75) is 6.92 Å². The Morgan fingerprint density at radius 3 is 2.86 bits per heavy atom. The number of hydrogen-bond donors (Lipinski definition) is 1. The van der Waals surface area contributed by atoms with Gasteiger partial charge in [-0.05, 0) is 6.26 Å². The molecule has 0 radical (unpaired) electrons. The van der Waals surface area contributed by atoms with E-state index in [0.717, 1.165) is 0 Å². The Hall–Kier alpha value is -0.880. The molecular formula is C8H10N2O2S2. The Morgan fingerprint density at radius 1 is 1.64 bits per heavy atom. The van der Waals surface area contributed by atoms with Crippen LogP contribution in [0.4, 0.5) is 5.13 Å². The molecule has 0 bridgehead atoms. The molecule has 4 nitrogen and oxygen atoms in total. The predicted molar refractivity (Wildman–Crippen MR) is 59.1 cm³/mol. The van der Waals surface area contributed by atoms with Crippen molar-refractivity contribution in [2.24, 2.45) is 0 Å². The number of carbonyl (C=O) groups is 2. The zero-order valence-electron chi connectivity index (χ0n) is 7.86. The lowest BCUT2D eigenvalue weighted by molar-refractivity contribution is -0.113. The second kappa shape index (κ2) is 5.11. The van der Waals surface area contributed by atoms with Gasteiger partial charge in [-0.1, -0.05) is 0 Å². The summed E-state index contributed by atoms with van der Waals surface area (Å²) in [5.41, 5.74) is 0.398. The van der Waals surface area contributed by atoms with Gasteiger partial charge in [-0.15, -0.1) is 11.3 Å². The van der Waals surface area contributed by atoms with E-state index in [1.165, 1.54) is 30.0 Å². The number of nitrogens with zero attached hydrogens (tertiary/aromatic N) is 1. The lowest BCUT2D eigenvalue weighted by Gasteiger charge is -1.97. The van der Waals surface area contributed by atoms with Gasteiger partial charge in [-0.2, -0.15) is 11.8 Å². The second-order valence-corrected chi connectivity index (χ2v) is 4.30. The number of amides is 1. The summed E-state index contributed by atoms with van der Waals surface area (Å²) in [5, 5.41) is 4.73. The molecule has 1 aromatic heterocycles. The summed E-state index contributed by atoms with van der Waals surface area (Å²) in [6.45, 7) is 1.45. The van der Waals surface area contributed by atoms with Crippen LogP contribution < -0.4 is 5.32 Å². The van der Waals surface area contributed by atoms with Gasteiger partial charge in [0, 0.05) is 12.3 Å². The van der Waals surface area contributed by atoms with Crippen molar-refractivity contribution in [3.8, 4) is 0 Å². The van der Waals surface area contributed by atoms with Gasteiger partial charge in [0.1, 0.15) is 5.69 Å². The van der Waals surface area contributed by atoms with Crippen LogP contribution in [0.1, 0.15) is 17.4 Å². The maximum Gasteiger partial charge on any atom is 0.236 e. The molecule has 0 atom stereocenters. The molecule has 1 N–H and O–H groups in total. The molecule has 0 fully saturated rings. The van der Waals surface area contributed by atoms with Crippen LogP contribution in [0.2, 0.25) is 0 Å². The number of ketones is 1. The van der Waals surface area contributed by atoms with E-state index in [4.69, 9.17) is 0 Å². The molecule has 6 heteroatoms. The molecule has 1 rings (SSSR count). The van der Waals surface area contributed by atoms with E-state index in [2.05, 4.69) is 10.3 Å². The summed E-state index contributed by atoms with van der Waals surface area (Å²) in [4.78, 5) is 26.0. The highest BCUT2D eigenvalue weighted by Crippen LogP contribution is 2.15. The molecule has 0 saturated carbocycles. The topological polar surface area (TPSA) is 59.1 Å². The van der Waals surface area contributed by atoms with Crippen LogP contribution in [-0.2, 0) is 4.79 Å². The monoisotopic (exact) mass is 230 g/mol. The fourth-order valence-corrected chi connectivity index (χ4v) is 1.88. The zero-order chi connectivity index (χ0) is 10.6. The normalized spacial score (nSPS) is 9.86. The molecule has 14 heavy (non-hydrogen) atoms. The van der Waals surface area contributed by atoms with E-state index in [0.29, 0.717) is 16.6 Å². The van der Waals surface area contributed by atoms with Gasteiger partial charge in [-0.25, -0.2) is 4.98 Å². The van der Waals surface area contributed by atoms with Crippen molar-refractivity contribution in [3.63, 3.8) is 0 Å². The van der Waals surface area contributed by atoms with Gasteiger partial charge in [-0.3, -0.25) is 9.59 Å². The zero-order valence-corrected chi connectivity index (χ0v) is 9.50. The Kier molecular flexibility index (Phi) is 4.09. The van der Waals surface area contributed by atoms with Crippen molar-refractivity contribution in [2.75, 3.05) is 17.3 Å². The summed E-state index contributed by atoms with van der Waals surface area (Å²) in [7, 11) is 0. The van der Waals surface area contributed by atoms with Crippen molar-refractivity contribution in [3.05, 3.63) is 11.1 Å². The molecule has 0 aliphatic rings. The minimum absolute atomic E-state index is 0.0911. The molecule has 1 heterocycles. The first kappa shape index (κ1) is 11.2. The van der Waals surface area contributed by atoms with E-state index in [9.17, 15) is 9.59 Å². The number of anilines is 1. The van der Waals surface area contributed by atoms with Crippen LogP contribution in [0.25, 0.3) is 0 Å². The van der Waals surface area contributed by atoms with Crippen molar-refractivity contribution in [1.29, 1.82) is 0 Å². The maximum atomic E-state index is 11.1. The predicted octanol–water partition coefficient (Wildman–Crippen LogP) is 1.65. The minimum Gasteiger partial charge on any atom is -0.301 e. The third-order valence-corrected chi connectivity index (χ3v) is 2.70. The lowest BCUT2D eigenvalue weighted by atomic mass is 10.4. The van der Waals surface area contributed by atoms with E-state index >= 15 is 0 Å². The molecule has 0 unspecified atom stereocenters. The highest BCUT2D eigenvalue weighted by molar-refractivity contribution is 7.99. The first-order chi connectivity index (χ1) is 6.63. The third kappa shape index (κ3) is 3.12. The summed E-state index contributed by atoms with van der Waals surface area (Å²) >= 11 is 2.70. The molecule has 76 valence electrons. The highest BCUT2D eigenvalue weighted by Gasteiger charge is 2.08. The number of thiazole rings is 1. The average molecular weight is 230 g/mol.